The summed E-state index contributed by atoms with van der Waals surface area (Å²) in [5.74, 6) is 2.86. The number of aryl methyl sites for hydroxylation is 1. The van der Waals surface area contributed by atoms with E-state index in [4.69, 9.17) is 23.4 Å². The molecule has 0 spiro atoms. The van der Waals surface area contributed by atoms with Crippen molar-refractivity contribution in [2.24, 2.45) is 0 Å². The van der Waals surface area contributed by atoms with Crippen LogP contribution in [0.4, 0.5) is 0 Å². The second-order valence-corrected chi connectivity index (χ2v) is 8.51. The van der Waals surface area contributed by atoms with Crippen LogP contribution in [0, 0.1) is 0 Å². The van der Waals surface area contributed by atoms with Crippen molar-refractivity contribution in [3.05, 3.63) is 76.5 Å². The van der Waals surface area contributed by atoms with Gasteiger partial charge in [-0.05, 0) is 30.2 Å². The van der Waals surface area contributed by atoms with Crippen LogP contribution in [0.2, 0.25) is 0 Å². The molecule has 6 heteroatoms. The first-order valence-corrected chi connectivity index (χ1v) is 11.6. The van der Waals surface area contributed by atoms with Gasteiger partial charge in [-0.2, -0.15) is 0 Å². The molecule has 0 bridgehead atoms. The Kier molecular flexibility index (Phi) is 7.57. The van der Waals surface area contributed by atoms with Gasteiger partial charge >= 0.3 is 0 Å². The third kappa shape index (κ3) is 5.18. The van der Waals surface area contributed by atoms with Crippen molar-refractivity contribution in [2.75, 3.05) is 27.9 Å². The van der Waals surface area contributed by atoms with Gasteiger partial charge in [-0.25, -0.2) is 0 Å². The zero-order valence-electron chi connectivity index (χ0n) is 19.0. The van der Waals surface area contributed by atoms with E-state index in [0.29, 0.717) is 30.5 Å². The fourth-order valence-corrected chi connectivity index (χ4v) is 4.28. The van der Waals surface area contributed by atoms with Crippen molar-refractivity contribution in [3.63, 3.8) is 0 Å². The first kappa shape index (κ1) is 23.2. The summed E-state index contributed by atoms with van der Waals surface area (Å²) in [6.07, 6.45) is 1.54. The molecule has 0 radical (unpaired) electrons. The van der Waals surface area contributed by atoms with E-state index in [0.717, 1.165) is 45.2 Å². The Hall–Kier alpha value is -2.96. The lowest BCUT2D eigenvalue weighted by molar-refractivity contribution is 0.118. The molecule has 3 aromatic carbocycles. The Morgan fingerprint density at radius 1 is 0.818 bits per heavy atom. The van der Waals surface area contributed by atoms with Gasteiger partial charge in [0.1, 0.15) is 28.6 Å². The van der Waals surface area contributed by atoms with Crippen LogP contribution in [0.5, 0.6) is 17.2 Å². The van der Waals surface area contributed by atoms with Gasteiger partial charge in [0, 0.05) is 40.6 Å². The average Bonchev–Trinajstić information content (AvgIpc) is 3.20. The maximum atomic E-state index is 6.31. The monoisotopic (exact) mass is 510 g/mol. The Bertz CT molecular complexity index is 1190. The molecular formula is C27H27BrO5. The van der Waals surface area contributed by atoms with Gasteiger partial charge in [-0.15, -0.1) is 0 Å². The zero-order valence-corrected chi connectivity index (χ0v) is 20.6. The van der Waals surface area contributed by atoms with E-state index in [1.165, 1.54) is 5.56 Å². The van der Waals surface area contributed by atoms with Gasteiger partial charge in [-0.1, -0.05) is 46.3 Å². The molecule has 1 heterocycles. The highest BCUT2D eigenvalue weighted by Gasteiger charge is 2.24. The molecule has 0 unspecified atom stereocenters. The fourth-order valence-electron chi connectivity index (χ4n) is 3.92. The first-order chi connectivity index (χ1) is 16.1. The Balaban J connectivity index is 1.66. The van der Waals surface area contributed by atoms with E-state index in [1.807, 2.05) is 42.5 Å². The maximum absolute atomic E-state index is 6.31. The number of halogens is 1. The van der Waals surface area contributed by atoms with Gasteiger partial charge in [0.05, 0.1) is 33.5 Å². The second-order valence-electron chi connectivity index (χ2n) is 7.59. The van der Waals surface area contributed by atoms with Gasteiger partial charge < -0.3 is 23.4 Å². The van der Waals surface area contributed by atoms with E-state index in [9.17, 15) is 0 Å². The van der Waals surface area contributed by atoms with Crippen molar-refractivity contribution in [2.45, 2.75) is 19.4 Å². The standard InChI is InChI=1S/C27H27BrO5/c1-29-20-15-24(30-2)27(25(16-20)31-3)26-21-14-19(28)11-12-22(21)33-23(26)10-7-13-32-17-18-8-5-4-6-9-18/h4-6,8-9,11-12,14-16H,7,10,13,17H2,1-3H3. The molecule has 0 saturated carbocycles. The molecule has 0 aliphatic rings. The minimum absolute atomic E-state index is 0.598. The summed E-state index contributed by atoms with van der Waals surface area (Å²) in [6.45, 7) is 1.23. The fraction of sp³-hybridized carbons (Fsp3) is 0.259. The van der Waals surface area contributed by atoms with E-state index in [1.54, 1.807) is 21.3 Å². The largest absolute Gasteiger partial charge is 0.496 e. The smallest absolute Gasteiger partial charge is 0.135 e. The molecule has 1 aromatic heterocycles. The molecule has 33 heavy (non-hydrogen) atoms. The van der Waals surface area contributed by atoms with Gasteiger partial charge in [0.25, 0.3) is 0 Å². The minimum Gasteiger partial charge on any atom is -0.496 e. The average molecular weight is 511 g/mol. The van der Waals surface area contributed by atoms with Gasteiger partial charge in [-0.3, -0.25) is 0 Å². The molecule has 4 aromatic rings. The van der Waals surface area contributed by atoms with Crippen molar-refractivity contribution >= 4 is 26.9 Å². The molecule has 0 N–H and O–H groups in total. The summed E-state index contributed by atoms with van der Waals surface area (Å²) in [4.78, 5) is 0. The Labute approximate surface area is 202 Å². The summed E-state index contributed by atoms with van der Waals surface area (Å²) < 4.78 is 30.1. The van der Waals surface area contributed by atoms with Crippen LogP contribution in [0.25, 0.3) is 22.1 Å². The van der Waals surface area contributed by atoms with Gasteiger partial charge in [0.2, 0.25) is 0 Å². The van der Waals surface area contributed by atoms with Crippen LogP contribution in [0.3, 0.4) is 0 Å². The molecule has 0 fully saturated rings. The van der Waals surface area contributed by atoms with E-state index >= 15 is 0 Å². The van der Waals surface area contributed by atoms with E-state index < -0.39 is 0 Å². The summed E-state index contributed by atoms with van der Waals surface area (Å²) in [7, 11) is 4.92. The first-order valence-electron chi connectivity index (χ1n) is 10.8. The number of ether oxygens (including phenoxy) is 4. The molecule has 0 atom stereocenters. The molecule has 5 nitrogen and oxygen atoms in total. The normalized spacial score (nSPS) is 11.0. The number of methoxy groups -OCH3 is 3. The number of furan rings is 1. The minimum atomic E-state index is 0.598. The molecule has 0 saturated heterocycles. The van der Waals surface area contributed by atoms with Crippen molar-refractivity contribution in [1.82, 2.24) is 0 Å². The molecule has 0 amide bonds. The third-order valence-electron chi connectivity index (χ3n) is 5.49. The van der Waals surface area contributed by atoms with Gasteiger partial charge in [0.15, 0.2) is 0 Å². The summed E-state index contributed by atoms with van der Waals surface area (Å²) in [5, 5.41) is 0.992. The predicted octanol–water partition coefficient (Wildman–Crippen LogP) is 7.04. The quantitative estimate of drug-likeness (QED) is 0.214. The lowest BCUT2D eigenvalue weighted by Crippen LogP contribution is -1.99. The van der Waals surface area contributed by atoms with Crippen LogP contribution in [0.1, 0.15) is 17.7 Å². The Morgan fingerprint density at radius 2 is 1.55 bits per heavy atom. The van der Waals surface area contributed by atoms with Crippen molar-refractivity contribution in [3.8, 4) is 28.4 Å². The maximum Gasteiger partial charge on any atom is 0.135 e. The molecular weight excluding hydrogens is 484 g/mol. The summed E-state index contributed by atoms with van der Waals surface area (Å²) >= 11 is 3.59. The number of hydrogen-bond donors (Lipinski definition) is 0. The number of fused-ring (bicyclic) bond motifs is 1. The van der Waals surface area contributed by atoms with Crippen LogP contribution < -0.4 is 14.2 Å². The van der Waals surface area contributed by atoms with Crippen LogP contribution >= 0.6 is 15.9 Å². The van der Waals surface area contributed by atoms with Crippen LogP contribution in [-0.2, 0) is 17.8 Å². The van der Waals surface area contributed by atoms with E-state index in [2.05, 4.69) is 34.1 Å². The third-order valence-corrected chi connectivity index (χ3v) is 5.99. The zero-order chi connectivity index (χ0) is 23.2. The SMILES string of the molecule is COc1cc(OC)c(-c2c(CCCOCc3ccccc3)oc3ccc(Br)cc23)c(OC)c1. The lowest BCUT2D eigenvalue weighted by Gasteiger charge is -2.16. The van der Waals surface area contributed by atoms with E-state index in [-0.39, 0.29) is 0 Å². The van der Waals surface area contributed by atoms with Crippen LogP contribution in [-0.4, -0.2) is 27.9 Å². The van der Waals surface area contributed by atoms with Crippen molar-refractivity contribution < 1.29 is 23.4 Å². The molecule has 0 aliphatic heterocycles. The highest BCUT2D eigenvalue weighted by atomic mass is 79.9. The summed E-state index contributed by atoms with van der Waals surface area (Å²) in [5.41, 5.74) is 3.79. The number of rotatable bonds is 10. The lowest BCUT2D eigenvalue weighted by atomic mass is 9.98. The topological polar surface area (TPSA) is 50.1 Å². The number of hydrogen-bond acceptors (Lipinski definition) is 5. The number of benzene rings is 3. The highest BCUT2D eigenvalue weighted by Crippen LogP contribution is 2.47. The Morgan fingerprint density at radius 3 is 2.21 bits per heavy atom. The molecule has 4 rings (SSSR count). The molecule has 0 aliphatic carbocycles. The predicted molar refractivity (Wildman–Crippen MR) is 133 cm³/mol. The second kappa shape index (κ2) is 10.8. The molecule has 172 valence electrons. The highest BCUT2D eigenvalue weighted by molar-refractivity contribution is 9.10. The van der Waals surface area contributed by atoms with Crippen molar-refractivity contribution in [1.29, 1.82) is 0 Å². The van der Waals surface area contributed by atoms with Crippen LogP contribution in [0.15, 0.2) is 69.6 Å². The summed E-state index contributed by atoms with van der Waals surface area (Å²) in [6, 6.07) is 19.9.